The average molecular weight is 266 g/mol. The number of nitrogens with two attached hydrogens (primary N) is 1. The Morgan fingerprint density at radius 3 is 2.53 bits per heavy atom. The Kier molecular flexibility index (Phi) is 5.26. The molecule has 0 aromatic carbocycles. The molecule has 1 amide bonds. The Bertz CT molecular complexity index is 295. The Hall–Kier alpha value is -0.570. The van der Waals surface area contributed by atoms with Crippen LogP contribution in [0.3, 0.4) is 0 Å². The lowest BCUT2D eigenvalue weighted by Gasteiger charge is -2.38. The van der Waals surface area contributed by atoms with Crippen molar-refractivity contribution in [2.24, 2.45) is 23.5 Å². The van der Waals surface area contributed by atoms with Crippen LogP contribution in [0.4, 0.5) is 0 Å². The molecule has 0 aromatic rings. The second-order valence-corrected chi connectivity index (χ2v) is 6.67. The molecule has 3 heteroatoms. The molecule has 2 N–H and O–H groups in total. The lowest BCUT2D eigenvalue weighted by atomic mass is 9.80. The Balaban J connectivity index is 1.86. The standard InChI is InChI=1S/C16H30N2O/c1-3-13-6-8-14(9-7-13)16(19)18-10-4-5-15(11-18)12(2)17/h12-15H,3-11,17H2,1-2H3. The lowest BCUT2D eigenvalue weighted by molar-refractivity contribution is -0.138. The van der Waals surface area contributed by atoms with Crippen molar-refractivity contribution in [3.05, 3.63) is 0 Å². The first-order valence-corrected chi connectivity index (χ1v) is 8.16. The summed E-state index contributed by atoms with van der Waals surface area (Å²) < 4.78 is 0. The van der Waals surface area contributed by atoms with Gasteiger partial charge in [-0.15, -0.1) is 0 Å². The minimum atomic E-state index is 0.214. The van der Waals surface area contributed by atoms with Crippen molar-refractivity contribution in [1.82, 2.24) is 4.90 Å². The zero-order valence-corrected chi connectivity index (χ0v) is 12.6. The van der Waals surface area contributed by atoms with Crippen molar-refractivity contribution in [2.45, 2.75) is 64.8 Å². The second kappa shape index (κ2) is 6.74. The molecular weight excluding hydrogens is 236 g/mol. The van der Waals surface area contributed by atoms with Gasteiger partial charge in [0.15, 0.2) is 0 Å². The third-order valence-electron chi connectivity index (χ3n) is 5.29. The molecule has 0 radical (unpaired) electrons. The summed E-state index contributed by atoms with van der Waals surface area (Å²) in [6.07, 6.45) is 8.30. The largest absolute Gasteiger partial charge is 0.342 e. The molecule has 2 fully saturated rings. The number of hydrogen-bond donors (Lipinski definition) is 1. The van der Waals surface area contributed by atoms with Crippen molar-refractivity contribution < 1.29 is 4.79 Å². The van der Waals surface area contributed by atoms with Crippen LogP contribution in [-0.2, 0) is 4.79 Å². The first kappa shape index (κ1) is 14.8. The minimum absolute atomic E-state index is 0.214. The van der Waals surface area contributed by atoms with E-state index >= 15 is 0 Å². The van der Waals surface area contributed by atoms with Gasteiger partial charge in [-0.2, -0.15) is 0 Å². The van der Waals surface area contributed by atoms with Crippen molar-refractivity contribution in [3.8, 4) is 0 Å². The van der Waals surface area contributed by atoms with E-state index in [9.17, 15) is 4.79 Å². The highest BCUT2D eigenvalue weighted by Crippen LogP contribution is 2.32. The fraction of sp³-hybridized carbons (Fsp3) is 0.938. The molecule has 2 aliphatic rings. The molecule has 1 aliphatic heterocycles. The van der Waals surface area contributed by atoms with Gasteiger partial charge in [0.1, 0.15) is 0 Å². The Morgan fingerprint density at radius 2 is 1.95 bits per heavy atom. The summed E-state index contributed by atoms with van der Waals surface area (Å²) in [5.41, 5.74) is 6.01. The van der Waals surface area contributed by atoms with Gasteiger partial charge in [-0.1, -0.05) is 13.3 Å². The summed E-state index contributed by atoms with van der Waals surface area (Å²) in [4.78, 5) is 14.7. The van der Waals surface area contributed by atoms with Gasteiger partial charge in [0.25, 0.3) is 0 Å². The first-order valence-electron chi connectivity index (χ1n) is 8.16. The Morgan fingerprint density at radius 1 is 1.26 bits per heavy atom. The monoisotopic (exact) mass is 266 g/mol. The number of nitrogens with zero attached hydrogens (tertiary/aromatic N) is 1. The van der Waals surface area contributed by atoms with E-state index in [4.69, 9.17) is 5.73 Å². The molecule has 0 bridgehead atoms. The SMILES string of the molecule is CCC1CCC(C(=O)N2CCCC(C(C)N)C2)CC1. The highest BCUT2D eigenvalue weighted by atomic mass is 16.2. The van der Waals surface area contributed by atoms with Crippen LogP contribution >= 0.6 is 0 Å². The third kappa shape index (κ3) is 3.71. The summed E-state index contributed by atoms with van der Waals surface area (Å²) in [5, 5.41) is 0. The number of rotatable bonds is 3. The van der Waals surface area contributed by atoms with E-state index in [0.717, 1.165) is 38.3 Å². The van der Waals surface area contributed by atoms with E-state index in [1.807, 2.05) is 0 Å². The molecule has 1 aliphatic carbocycles. The summed E-state index contributed by atoms with van der Waals surface area (Å²) in [6, 6.07) is 0.214. The van der Waals surface area contributed by atoms with E-state index in [2.05, 4.69) is 18.7 Å². The summed E-state index contributed by atoms with van der Waals surface area (Å²) in [6.45, 7) is 6.19. The number of carbonyl (C=O) groups is 1. The lowest BCUT2D eigenvalue weighted by Crippen LogP contribution is -2.47. The second-order valence-electron chi connectivity index (χ2n) is 6.67. The summed E-state index contributed by atoms with van der Waals surface area (Å²) in [7, 11) is 0. The van der Waals surface area contributed by atoms with Crippen LogP contribution in [0.5, 0.6) is 0 Å². The van der Waals surface area contributed by atoms with Crippen LogP contribution in [0.1, 0.15) is 58.8 Å². The van der Waals surface area contributed by atoms with E-state index in [0.29, 0.717) is 17.7 Å². The van der Waals surface area contributed by atoms with Gasteiger partial charge in [-0.05, 0) is 57.3 Å². The molecule has 110 valence electrons. The predicted molar refractivity (Wildman–Crippen MR) is 78.7 cm³/mol. The molecule has 1 heterocycles. The number of piperidine rings is 1. The van der Waals surface area contributed by atoms with Gasteiger partial charge in [0, 0.05) is 25.0 Å². The molecule has 3 nitrogen and oxygen atoms in total. The van der Waals surface area contributed by atoms with Gasteiger partial charge in [0.05, 0.1) is 0 Å². The molecule has 1 saturated heterocycles. The van der Waals surface area contributed by atoms with Gasteiger partial charge in [-0.3, -0.25) is 4.79 Å². The van der Waals surface area contributed by atoms with E-state index in [-0.39, 0.29) is 6.04 Å². The van der Waals surface area contributed by atoms with Crippen molar-refractivity contribution in [1.29, 1.82) is 0 Å². The zero-order chi connectivity index (χ0) is 13.8. The number of carbonyl (C=O) groups excluding carboxylic acids is 1. The molecular formula is C16H30N2O. The first-order chi connectivity index (χ1) is 9.11. The van der Waals surface area contributed by atoms with Gasteiger partial charge in [-0.25, -0.2) is 0 Å². The Labute approximate surface area is 117 Å². The van der Waals surface area contributed by atoms with E-state index in [1.54, 1.807) is 0 Å². The fourth-order valence-electron chi connectivity index (χ4n) is 3.72. The third-order valence-corrected chi connectivity index (χ3v) is 5.29. The van der Waals surface area contributed by atoms with Crippen LogP contribution in [-0.4, -0.2) is 29.9 Å². The molecule has 2 unspecified atom stereocenters. The highest BCUT2D eigenvalue weighted by molar-refractivity contribution is 5.79. The van der Waals surface area contributed by atoms with Gasteiger partial charge < -0.3 is 10.6 Å². The number of hydrogen-bond acceptors (Lipinski definition) is 2. The maximum atomic E-state index is 12.6. The van der Waals surface area contributed by atoms with Crippen LogP contribution in [0, 0.1) is 17.8 Å². The van der Waals surface area contributed by atoms with Crippen LogP contribution < -0.4 is 5.73 Å². The molecule has 2 rings (SSSR count). The van der Waals surface area contributed by atoms with Crippen molar-refractivity contribution in [3.63, 3.8) is 0 Å². The maximum absolute atomic E-state index is 12.6. The van der Waals surface area contributed by atoms with E-state index < -0.39 is 0 Å². The minimum Gasteiger partial charge on any atom is -0.342 e. The molecule has 0 aromatic heterocycles. The van der Waals surface area contributed by atoms with E-state index in [1.165, 1.54) is 25.7 Å². The predicted octanol–water partition coefficient (Wildman–Crippen LogP) is 2.79. The smallest absolute Gasteiger partial charge is 0.225 e. The average Bonchev–Trinajstić information content (AvgIpc) is 2.46. The highest BCUT2D eigenvalue weighted by Gasteiger charge is 2.32. The molecule has 19 heavy (non-hydrogen) atoms. The van der Waals surface area contributed by atoms with Crippen molar-refractivity contribution in [2.75, 3.05) is 13.1 Å². The normalized spacial score (nSPS) is 34.1. The van der Waals surface area contributed by atoms with Crippen LogP contribution in [0.25, 0.3) is 0 Å². The molecule has 1 saturated carbocycles. The number of likely N-dealkylation sites (tertiary alicyclic amines) is 1. The fourth-order valence-corrected chi connectivity index (χ4v) is 3.72. The number of amides is 1. The summed E-state index contributed by atoms with van der Waals surface area (Å²) >= 11 is 0. The van der Waals surface area contributed by atoms with Gasteiger partial charge in [0.2, 0.25) is 5.91 Å². The molecule has 0 spiro atoms. The quantitative estimate of drug-likeness (QED) is 0.854. The van der Waals surface area contributed by atoms with Crippen LogP contribution in [0.15, 0.2) is 0 Å². The van der Waals surface area contributed by atoms with Crippen LogP contribution in [0.2, 0.25) is 0 Å². The molecule has 2 atom stereocenters. The summed E-state index contributed by atoms with van der Waals surface area (Å²) in [5.74, 6) is 2.08. The topological polar surface area (TPSA) is 46.3 Å². The maximum Gasteiger partial charge on any atom is 0.225 e. The van der Waals surface area contributed by atoms with Gasteiger partial charge >= 0.3 is 0 Å². The van der Waals surface area contributed by atoms with Crippen molar-refractivity contribution >= 4 is 5.91 Å². The zero-order valence-electron chi connectivity index (χ0n) is 12.6.